The molecule has 23 heavy (non-hydrogen) atoms. The zero-order valence-electron chi connectivity index (χ0n) is 13.3. The molecule has 1 amide bonds. The number of rotatable bonds is 2. The molecule has 0 saturated carbocycles. The van der Waals surface area contributed by atoms with E-state index in [4.69, 9.17) is 4.74 Å². The average molecular weight is 359 g/mol. The van der Waals surface area contributed by atoms with Crippen LogP contribution in [0.25, 0.3) is 0 Å². The van der Waals surface area contributed by atoms with Crippen molar-refractivity contribution in [2.24, 2.45) is 0 Å². The van der Waals surface area contributed by atoms with E-state index in [-0.39, 0.29) is 18.1 Å². The van der Waals surface area contributed by atoms with Crippen molar-refractivity contribution >= 4 is 27.3 Å². The van der Waals surface area contributed by atoms with Gasteiger partial charge in [0.25, 0.3) is 5.91 Å². The number of morpholine rings is 1. The first-order chi connectivity index (χ1) is 10.9. The second-order valence-electron chi connectivity index (χ2n) is 5.99. The van der Waals surface area contributed by atoms with Crippen molar-refractivity contribution in [1.82, 2.24) is 14.2 Å². The highest BCUT2D eigenvalue weighted by molar-refractivity contribution is 7.88. The molecule has 0 spiro atoms. The first-order valence-electron chi connectivity index (χ1n) is 7.65. The Morgan fingerprint density at radius 2 is 2.09 bits per heavy atom. The van der Waals surface area contributed by atoms with Crippen LogP contribution in [0.5, 0.6) is 0 Å². The van der Waals surface area contributed by atoms with Crippen molar-refractivity contribution in [3.05, 3.63) is 16.1 Å². The van der Waals surface area contributed by atoms with Gasteiger partial charge < -0.3 is 9.64 Å². The standard InChI is InChI=1S/C14H21N3O4S2/c1-10-13(22-9-15-10)14(18)16-5-3-11-12(4-6-16)21-8-7-17(11)23(2,19)20/h9,11-12H,3-8H2,1-2H3. The van der Waals surface area contributed by atoms with Gasteiger partial charge in [-0.2, -0.15) is 4.31 Å². The highest BCUT2D eigenvalue weighted by atomic mass is 32.2. The van der Waals surface area contributed by atoms with Crippen molar-refractivity contribution < 1.29 is 17.9 Å². The molecule has 1 aromatic heterocycles. The molecule has 2 fully saturated rings. The van der Waals surface area contributed by atoms with E-state index in [0.29, 0.717) is 44.0 Å². The van der Waals surface area contributed by atoms with Crippen molar-refractivity contribution in [1.29, 1.82) is 0 Å². The Morgan fingerprint density at radius 1 is 1.35 bits per heavy atom. The third kappa shape index (κ3) is 3.42. The lowest BCUT2D eigenvalue weighted by Gasteiger charge is -2.38. The fourth-order valence-corrected chi connectivity index (χ4v) is 5.22. The molecule has 3 heterocycles. The van der Waals surface area contributed by atoms with E-state index in [2.05, 4.69) is 4.98 Å². The van der Waals surface area contributed by atoms with Gasteiger partial charge in [-0.3, -0.25) is 4.79 Å². The largest absolute Gasteiger partial charge is 0.375 e. The van der Waals surface area contributed by atoms with E-state index in [1.54, 1.807) is 10.4 Å². The summed E-state index contributed by atoms with van der Waals surface area (Å²) in [6.07, 6.45) is 2.35. The summed E-state index contributed by atoms with van der Waals surface area (Å²) in [4.78, 5) is 19.2. The van der Waals surface area contributed by atoms with Crippen LogP contribution in [0.2, 0.25) is 0 Å². The van der Waals surface area contributed by atoms with Crippen LogP contribution in [-0.4, -0.2) is 73.2 Å². The Bertz CT molecular complexity index is 688. The quantitative estimate of drug-likeness (QED) is 0.777. The van der Waals surface area contributed by atoms with Crippen molar-refractivity contribution in [2.75, 3.05) is 32.5 Å². The van der Waals surface area contributed by atoms with Gasteiger partial charge in [0.15, 0.2) is 0 Å². The number of thiazole rings is 1. The summed E-state index contributed by atoms with van der Waals surface area (Å²) in [5.74, 6) is -0.0189. The number of carbonyl (C=O) groups excluding carboxylic acids is 1. The van der Waals surface area contributed by atoms with Crippen LogP contribution >= 0.6 is 11.3 Å². The minimum atomic E-state index is -3.26. The second kappa shape index (κ2) is 6.46. The van der Waals surface area contributed by atoms with Gasteiger partial charge in [0.2, 0.25) is 10.0 Å². The molecular weight excluding hydrogens is 338 g/mol. The molecule has 2 saturated heterocycles. The Balaban J connectivity index is 1.76. The van der Waals surface area contributed by atoms with Crippen LogP contribution in [0.4, 0.5) is 0 Å². The highest BCUT2D eigenvalue weighted by Crippen LogP contribution is 2.27. The van der Waals surface area contributed by atoms with Gasteiger partial charge in [-0.25, -0.2) is 13.4 Å². The number of aromatic nitrogens is 1. The number of fused-ring (bicyclic) bond motifs is 1. The maximum Gasteiger partial charge on any atom is 0.265 e. The molecule has 128 valence electrons. The van der Waals surface area contributed by atoms with E-state index < -0.39 is 10.0 Å². The summed E-state index contributed by atoms with van der Waals surface area (Å²) in [5, 5.41) is 0. The van der Waals surface area contributed by atoms with E-state index >= 15 is 0 Å². The maximum absolute atomic E-state index is 12.6. The lowest BCUT2D eigenvalue weighted by molar-refractivity contribution is -0.0406. The molecule has 0 aromatic carbocycles. The van der Waals surface area contributed by atoms with Gasteiger partial charge in [0.05, 0.1) is 36.2 Å². The Labute approximate surface area is 140 Å². The van der Waals surface area contributed by atoms with Crippen LogP contribution in [-0.2, 0) is 14.8 Å². The van der Waals surface area contributed by atoms with Crippen LogP contribution in [0.1, 0.15) is 28.2 Å². The molecule has 0 aliphatic carbocycles. The zero-order chi connectivity index (χ0) is 16.6. The van der Waals surface area contributed by atoms with E-state index in [0.717, 1.165) is 5.69 Å². The number of hydrogen-bond acceptors (Lipinski definition) is 6. The molecule has 0 N–H and O–H groups in total. The molecule has 7 nitrogen and oxygen atoms in total. The lowest BCUT2D eigenvalue weighted by Crippen LogP contribution is -2.53. The maximum atomic E-state index is 12.6. The number of nitrogens with zero attached hydrogens (tertiary/aromatic N) is 3. The molecule has 9 heteroatoms. The third-order valence-electron chi connectivity index (χ3n) is 4.47. The predicted molar refractivity (Wildman–Crippen MR) is 87.1 cm³/mol. The third-order valence-corrected chi connectivity index (χ3v) is 6.70. The summed E-state index contributed by atoms with van der Waals surface area (Å²) in [6, 6.07) is -0.181. The summed E-state index contributed by atoms with van der Waals surface area (Å²) >= 11 is 1.35. The van der Waals surface area contributed by atoms with Crippen LogP contribution in [0.15, 0.2) is 5.51 Å². The van der Waals surface area contributed by atoms with Gasteiger partial charge in [-0.15, -0.1) is 11.3 Å². The van der Waals surface area contributed by atoms with Crippen molar-refractivity contribution in [3.63, 3.8) is 0 Å². The SMILES string of the molecule is Cc1ncsc1C(=O)N1CCC2OCCN(S(C)(=O)=O)C2CC1. The summed E-state index contributed by atoms with van der Waals surface area (Å²) in [6.45, 7) is 3.75. The van der Waals surface area contributed by atoms with Crippen molar-refractivity contribution in [3.8, 4) is 0 Å². The lowest BCUT2D eigenvalue weighted by atomic mass is 10.0. The number of ether oxygens (including phenoxy) is 1. The smallest absolute Gasteiger partial charge is 0.265 e. The van der Waals surface area contributed by atoms with E-state index in [1.807, 2.05) is 6.92 Å². The molecule has 2 unspecified atom stereocenters. The molecule has 2 atom stereocenters. The molecule has 1 aromatic rings. The summed E-state index contributed by atoms with van der Waals surface area (Å²) in [5.41, 5.74) is 2.42. The fraction of sp³-hybridized carbons (Fsp3) is 0.714. The topological polar surface area (TPSA) is 79.8 Å². The molecule has 2 aliphatic rings. The number of likely N-dealkylation sites (tertiary alicyclic amines) is 1. The Kier molecular flexibility index (Phi) is 4.73. The molecule has 0 bridgehead atoms. The fourth-order valence-electron chi connectivity index (χ4n) is 3.31. The molecular formula is C14H21N3O4S2. The highest BCUT2D eigenvalue weighted by Gasteiger charge is 2.39. The summed E-state index contributed by atoms with van der Waals surface area (Å²) < 4.78 is 31.3. The van der Waals surface area contributed by atoms with E-state index in [9.17, 15) is 13.2 Å². The normalized spacial score (nSPS) is 26.6. The number of aryl methyl sites for hydroxylation is 1. The Hall–Kier alpha value is -1.03. The molecule has 3 rings (SSSR count). The van der Waals surface area contributed by atoms with Crippen LogP contribution in [0, 0.1) is 6.92 Å². The first-order valence-corrected chi connectivity index (χ1v) is 10.4. The van der Waals surface area contributed by atoms with Gasteiger partial charge in [-0.05, 0) is 19.8 Å². The predicted octanol–water partition coefficient (Wildman–Crippen LogP) is 0.717. The molecule has 0 radical (unpaired) electrons. The number of hydrogen-bond donors (Lipinski definition) is 0. The minimum absolute atomic E-state index is 0.0189. The van der Waals surface area contributed by atoms with Crippen LogP contribution in [0.3, 0.4) is 0 Å². The Morgan fingerprint density at radius 3 is 2.74 bits per heavy atom. The van der Waals surface area contributed by atoms with E-state index in [1.165, 1.54) is 21.9 Å². The zero-order valence-corrected chi connectivity index (χ0v) is 14.9. The number of sulfonamides is 1. The average Bonchev–Trinajstić information content (AvgIpc) is 2.80. The monoisotopic (exact) mass is 359 g/mol. The minimum Gasteiger partial charge on any atom is -0.375 e. The number of amides is 1. The van der Waals surface area contributed by atoms with Crippen LogP contribution < -0.4 is 0 Å². The molecule has 2 aliphatic heterocycles. The van der Waals surface area contributed by atoms with Gasteiger partial charge in [-0.1, -0.05) is 0 Å². The first kappa shape index (κ1) is 16.8. The number of carbonyl (C=O) groups is 1. The summed E-state index contributed by atoms with van der Waals surface area (Å²) in [7, 11) is -3.26. The second-order valence-corrected chi connectivity index (χ2v) is 8.78. The van der Waals surface area contributed by atoms with Gasteiger partial charge in [0.1, 0.15) is 4.88 Å². The van der Waals surface area contributed by atoms with Gasteiger partial charge in [0, 0.05) is 19.6 Å². The van der Waals surface area contributed by atoms with Crippen molar-refractivity contribution in [2.45, 2.75) is 31.9 Å². The van der Waals surface area contributed by atoms with Gasteiger partial charge >= 0.3 is 0 Å².